The van der Waals surface area contributed by atoms with Crippen molar-refractivity contribution in [3.8, 4) is 0 Å². The number of anilines is 1. The van der Waals surface area contributed by atoms with E-state index in [4.69, 9.17) is 4.74 Å². The summed E-state index contributed by atoms with van der Waals surface area (Å²) in [5, 5.41) is 3.55. The quantitative estimate of drug-likeness (QED) is 0.842. The number of nitrogens with zero attached hydrogens (tertiary/aromatic N) is 1. The maximum Gasteiger partial charge on any atom is 0.338 e. The maximum absolute atomic E-state index is 11.6. The molecule has 0 radical (unpaired) electrons. The lowest BCUT2D eigenvalue weighted by Gasteiger charge is -2.34. The molecule has 2 aliphatic heterocycles. The number of rotatable bonds is 3. The first kappa shape index (κ1) is 12.5. The normalized spacial score (nSPS) is 25.4. The lowest BCUT2D eigenvalue weighted by molar-refractivity contribution is 0.0526. The summed E-state index contributed by atoms with van der Waals surface area (Å²) in [5.74, 6) is -0.240. The van der Waals surface area contributed by atoms with Gasteiger partial charge >= 0.3 is 5.97 Å². The molecule has 2 bridgehead atoms. The van der Waals surface area contributed by atoms with E-state index in [1.165, 1.54) is 18.5 Å². The highest BCUT2D eigenvalue weighted by atomic mass is 16.5. The fourth-order valence-corrected chi connectivity index (χ4v) is 3.08. The Morgan fingerprint density at radius 1 is 1.42 bits per heavy atom. The third-order valence-electron chi connectivity index (χ3n) is 4.07. The Morgan fingerprint density at radius 3 is 2.95 bits per heavy atom. The Bertz CT molecular complexity index is 458. The maximum atomic E-state index is 11.6. The molecule has 2 atom stereocenters. The molecule has 0 amide bonds. The van der Waals surface area contributed by atoms with Crippen molar-refractivity contribution in [2.24, 2.45) is 0 Å². The minimum Gasteiger partial charge on any atom is -0.462 e. The molecule has 1 aromatic carbocycles. The number of nitrogens with one attached hydrogen (secondary N) is 1. The van der Waals surface area contributed by atoms with Crippen molar-refractivity contribution in [1.29, 1.82) is 0 Å². The zero-order chi connectivity index (χ0) is 13.2. The summed E-state index contributed by atoms with van der Waals surface area (Å²) in [4.78, 5) is 14.1. The van der Waals surface area contributed by atoms with Crippen molar-refractivity contribution in [2.45, 2.75) is 31.8 Å². The van der Waals surface area contributed by atoms with Crippen molar-refractivity contribution in [1.82, 2.24) is 5.32 Å². The van der Waals surface area contributed by atoms with Crippen LogP contribution in [0.2, 0.25) is 0 Å². The first-order valence-electron chi connectivity index (χ1n) is 7.05. The number of hydrogen-bond donors (Lipinski definition) is 1. The third kappa shape index (κ3) is 2.45. The molecule has 1 aromatic rings. The van der Waals surface area contributed by atoms with E-state index in [2.05, 4.69) is 10.2 Å². The second-order valence-electron chi connectivity index (χ2n) is 5.24. The van der Waals surface area contributed by atoms with Crippen LogP contribution in [-0.2, 0) is 4.74 Å². The molecule has 19 heavy (non-hydrogen) atoms. The fourth-order valence-electron chi connectivity index (χ4n) is 3.08. The van der Waals surface area contributed by atoms with Crippen LogP contribution in [0.25, 0.3) is 0 Å². The van der Waals surface area contributed by atoms with E-state index in [1.54, 1.807) is 0 Å². The van der Waals surface area contributed by atoms with E-state index in [-0.39, 0.29) is 5.97 Å². The lowest BCUT2D eigenvalue weighted by atomic mass is 10.0. The van der Waals surface area contributed by atoms with E-state index in [0.29, 0.717) is 24.3 Å². The lowest BCUT2D eigenvalue weighted by Crippen LogP contribution is -2.40. The Balaban J connectivity index is 1.73. The molecule has 0 saturated carbocycles. The Morgan fingerprint density at radius 2 is 2.21 bits per heavy atom. The predicted molar refractivity (Wildman–Crippen MR) is 74.6 cm³/mol. The van der Waals surface area contributed by atoms with E-state index in [1.807, 2.05) is 31.2 Å². The highest BCUT2D eigenvalue weighted by Crippen LogP contribution is 2.28. The SMILES string of the molecule is CCOC(=O)c1ccc(N2CCC3CC2CN3)cc1. The molecule has 3 rings (SSSR count). The van der Waals surface area contributed by atoms with Crippen molar-refractivity contribution in [3.63, 3.8) is 0 Å². The van der Waals surface area contributed by atoms with Gasteiger partial charge in [-0.05, 0) is 44.0 Å². The molecule has 2 aliphatic rings. The molecule has 0 aliphatic carbocycles. The van der Waals surface area contributed by atoms with Crippen LogP contribution in [0.4, 0.5) is 5.69 Å². The van der Waals surface area contributed by atoms with Crippen LogP contribution in [0.3, 0.4) is 0 Å². The summed E-state index contributed by atoms with van der Waals surface area (Å²) in [6, 6.07) is 9.10. The van der Waals surface area contributed by atoms with Crippen molar-refractivity contribution in [2.75, 3.05) is 24.6 Å². The topological polar surface area (TPSA) is 41.6 Å². The monoisotopic (exact) mass is 260 g/mol. The minimum absolute atomic E-state index is 0.240. The highest BCUT2D eigenvalue weighted by Gasteiger charge is 2.33. The largest absolute Gasteiger partial charge is 0.462 e. The first-order valence-corrected chi connectivity index (χ1v) is 7.05. The molecule has 2 fully saturated rings. The summed E-state index contributed by atoms with van der Waals surface area (Å²) in [5.41, 5.74) is 1.84. The predicted octanol–water partition coefficient (Wildman–Crippen LogP) is 1.80. The van der Waals surface area contributed by atoms with Crippen LogP contribution in [0.1, 0.15) is 30.1 Å². The van der Waals surface area contributed by atoms with Crippen LogP contribution in [0, 0.1) is 0 Å². The number of piperidine rings is 1. The van der Waals surface area contributed by atoms with Crippen LogP contribution in [-0.4, -0.2) is 37.7 Å². The fraction of sp³-hybridized carbons (Fsp3) is 0.533. The first-order chi connectivity index (χ1) is 9.28. The van der Waals surface area contributed by atoms with E-state index in [9.17, 15) is 4.79 Å². The van der Waals surface area contributed by atoms with Gasteiger partial charge < -0.3 is 15.0 Å². The molecule has 2 heterocycles. The standard InChI is InChI=1S/C15H20N2O2/c1-2-19-15(18)11-3-5-13(6-4-11)17-8-7-12-9-14(17)10-16-12/h3-6,12,14,16H,2,7-10H2,1H3. The second-order valence-corrected chi connectivity index (χ2v) is 5.24. The molecule has 4 heteroatoms. The van der Waals surface area contributed by atoms with Gasteiger partial charge in [-0.25, -0.2) is 4.79 Å². The second kappa shape index (κ2) is 5.21. The summed E-state index contributed by atoms with van der Waals surface area (Å²) in [7, 11) is 0. The molecule has 2 unspecified atom stereocenters. The molecule has 0 spiro atoms. The molecule has 4 nitrogen and oxygen atoms in total. The van der Waals surface area contributed by atoms with E-state index >= 15 is 0 Å². The number of ether oxygens (including phenoxy) is 1. The Kier molecular flexibility index (Phi) is 3.42. The van der Waals surface area contributed by atoms with Gasteiger partial charge in [0, 0.05) is 30.9 Å². The number of hydrogen-bond acceptors (Lipinski definition) is 4. The van der Waals surface area contributed by atoms with E-state index in [0.717, 1.165) is 13.1 Å². The van der Waals surface area contributed by atoms with Gasteiger partial charge in [-0.3, -0.25) is 0 Å². The van der Waals surface area contributed by atoms with Gasteiger partial charge in [0.15, 0.2) is 0 Å². The minimum atomic E-state index is -0.240. The van der Waals surface area contributed by atoms with Gasteiger partial charge in [-0.2, -0.15) is 0 Å². The van der Waals surface area contributed by atoms with Crippen molar-refractivity contribution in [3.05, 3.63) is 29.8 Å². The Labute approximate surface area is 113 Å². The highest BCUT2D eigenvalue weighted by molar-refractivity contribution is 5.89. The number of benzene rings is 1. The van der Waals surface area contributed by atoms with Gasteiger partial charge in [0.1, 0.15) is 0 Å². The van der Waals surface area contributed by atoms with Crippen molar-refractivity contribution >= 4 is 11.7 Å². The Hall–Kier alpha value is -1.55. The molecule has 2 saturated heterocycles. The number of carbonyl (C=O) groups is 1. The zero-order valence-electron chi connectivity index (χ0n) is 11.3. The van der Waals surface area contributed by atoms with Crippen LogP contribution in [0.15, 0.2) is 24.3 Å². The summed E-state index contributed by atoms with van der Waals surface area (Å²) in [6.45, 7) is 4.41. The summed E-state index contributed by atoms with van der Waals surface area (Å²) < 4.78 is 5.00. The van der Waals surface area contributed by atoms with Gasteiger partial charge in [0.05, 0.1) is 12.2 Å². The molecule has 0 aromatic heterocycles. The van der Waals surface area contributed by atoms with Crippen molar-refractivity contribution < 1.29 is 9.53 Å². The number of carbonyl (C=O) groups excluding carboxylic acids is 1. The zero-order valence-corrected chi connectivity index (χ0v) is 11.3. The molecule has 102 valence electrons. The summed E-state index contributed by atoms with van der Waals surface area (Å²) >= 11 is 0. The van der Waals surface area contributed by atoms with Gasteiger partial charge in [-0.15, -0.1) is 0 Å². The average Bonchev–Trinajstić information content (AvgIpc) is 2.81. The van der Waals surface area contributed by atoms with Crippen LogP contribution in [0.5, 0.6) is 0 Å². The molecular formula is C15H20N2O2. The smallest absolute Gasteiger partial charge is 0.338 e. The summed E-state index contributed by atoms with van der Waals surface area (Å²) in [6.07, 6.45) is 2.44. The number of fused-ring (bicyclic) bond motifs is 2. The van der Waals surface area contributed by atoms with Gasteiger partial charge in [-0.1, -0.05) is 0 Å². The molecular weight excluding hydrogens is 240 g/mol. The van der Waals surface area contributed by atoms with Gasteiger partial charge in [0.2, 0.25) is 0 Å². The third-order valence-corrected chi connectivity index (χ3v) is 4.07. The molecule has 1 N–H and O–H groups in total. The van der Waals surface area contributed by atoms with Crippen LogP contribution >= 0.6 is 0 Å². The van der Waals surface area contributed by atoms with Gasteiger partial charge in [0.25, 0.3) is 0 Å². The van der Waals surface area contributed by atoms with Crippen LogP contribution < -0.4 is 10.2 Å². The average molecular weight is 260 g/mol. The number of esters is 1. The van der Waals surface area contributed by atoms with E-state index < -0.39 is 0 Å².